The van der Waals surface area contributed by atoms with Crippen molar-refractivity contribution in [3.05, 3.63) is 86.4 Å². The Bertz CT molecular complexity index is 1140. The molecule has 0 bridgehead atoms. The van der Waals surface area contributed by atoms with Gasteiger partial charge in [0.1, 0.15) is 16.5 Å². The van der Waals surface area contributed by atoms with Gasteiger partial charge < -0.3 is 10.4 Å². The average Bonchev–Trinajstić information content (AvgIpc) is 3.07. The van der Waals surface area contributed by atoms with Crippen molar-refractivity contribution >= 4 is 23.2 Å². The highest BCUT2D eigenvalue weighted by Crippen LogP contribution is 2.18. The molecule has 0 spiro atoms. The maximum Gasteiger partial charge on any atom is 0.307 e. The number of amides is 1. The van der Waals surface area contributed by atoms with Gasteiger partial charge in [-0.15, -0.1) is 11.3 Å². The summed E-state index contributed by atoms with van der Waals surface area (Å²) in [5.41, 5.74) is 1.61. The van der Waals surface area contributed by atoms with E-state index in [1.807, 2.05) is 0 Å². The lowest BCUT2D eigenvalue weighted by Gasteiger charge is -2.06. The zero-order valence-corrected chi connectivity index (χ0v) is 16.6. The van der Waals surface area contributed by atoms with Crippen molar-refractivity contribution in [1.82, 2.24) is 10.3 Å². The highest BCUT2D eigenvalue weighted by molar-refractivity contribution is 7.14. The smallest absolute Gasteiger partial charge is 0.307 e. The van der Waals surface area contributed by atoms with E-state index in [1.165, 1.54) is 6.07 Å². The molecule has 2 aromatic carbocycles. The first kappa shape index (κ1) is 21.1. The summed E-state index contributed by atoms with van der Waals surface area (Å²) in [5.74, 6) is 2.94. The fourth-order valence-electron chi connectivity index (χ4n) is 2.62. The van der Waals surface area contributed by atoms with E-state index in [1.54, 1.807) is 31.2 Å². The number of aryl methyl sites for hydroxylation is 1. The van der Waals surface area contributed by atoms with Gasteiger partial charge in [-0.1, -0.05) is 24.1 Å². The number of aromatic nitrogens is 1. The predicted octanol–water partition coefficient (Wildman–Crippen LogP) is 3.69. The van der Waals surface area contributed by atoms with Crippen molar-refractivity contribution < 1.29 is 23.5 Å². The molecule has 0 aliphatic heterocycles. The average molecular weight is 426 g/mol. The van der Waals surface area contributed by atoms with Crippen LogP contribution in [-0.4, -0.2) is 22.0 Å². The number of carbonyl (C=O) groups is 2. The number of hydrogen-bond acceptors (Lipinski definition) is 4. The zero-order valence-electron chi connectivity index (χ0n) is 15.8. The minimum absolute atomic E-state index is 0.0609. The number of hydrogen-bond donors (Lipinski definition) is 2. The van der Waals surface area contributed by atoms with Crippen LogP contribution < -0.4 is 5.32 Å². The quantitative estimate of drug-likeness (QED) is 0.610. The number of nitrogens with zero attached hydrogens (tertiary/aromatic N) is 1. The van der Waals surface area contributed by atoms with Crippen LogP contribution in [0.4, 0.5) is 8.78 Å². The van der Waals surface area contributed by atoms with E-state index in [0.29, 0.717) is 26.7 Å². The third-order valence-electron chi connectivity index (χ3n) is 4.11. The first-order valence-corrected chi connectivity index (χ1v) is 9.66. The summed E-state index contributed by atoms with van der Waals surface area (Å²) >= 11 is 1.08. The minimum Gasteiger partial charge on any atom is -0.481 e. The summed E-state index contributed by atoms with van der Waals surface area (Å²) in [6, 6.07) is 10.3. The minimum atomic E-state index is -0.907. The van der Waals surface area contributed by atoms with Crippen LogP contribution >= 0.6 is 11.3 Å². The number of thiazole rings is 1. The molecule has 1 aromatic heterocycles. The Kier molecular flexibility index (Phi) is 6.54. The third kappa shape index (κ3) is 5.27. The summed E-state index contributed by atoms with van der Waals surface area (Å²) in [4.78, 5) is 27.7. The molecule has 0 atom stereocenters. The molecule has 1 heterocycles. The molecule has 30 heavy (non-hydrogen) atoms. The van der Waals surface area contributed by atoms with E-state index < -0.39 is 23.5 Å². The number of carboxylic acid groups (broad SMARTS) is 1. The summed E-state index contributed by atoms with van der Waals surface area (Å²) in [5, 5.41) is 11.7. The summed E-state index contributed by atoms with van der Waals surface area (Å²) in [6.07, 6.45) is -0.0609. The first-order valence-electron chi connectivity index (χ1n) is 8.84. The first-order chi connectivity index (χ1) is 14.3. The van der Waals surface area contributed by atoms with Crippen molar-refractivity contribution in [2.24, 2.45) is 0 Å². The van der Waals surface area contributed by atoms with Crippen LogP contribution in [0.3, 0.4) is 0 Å². The van der Waals surface area contributed by atoms with Crippen molar-refractivity contribution in [3.8, 4) is 11.8 Å². The molecule has 8 heteroatoms. The summed E-state index contributed by atoms with van der Waals surface area (Å²) in [7, 11) is 0. The third-order valence-corrected chi connectivity index (χ3v) is 5.18. The van der Waals surface area contributed by atoms with Crippen molar-refractivity contribution in [1.29, 1.82) is 0 Å². The normalized spacial score (nSPS) is 10.2. The molecule has 0 saturated heterocycles. The van der Waals surface area contributed by atoms with Crippen LogP contribution in [0.5, 0.6) is 0 Å². The SMILES string of the molecule is Cc1nc(C#Cc2ccc(CC(=O)O)cc2)sc1C(=O)NCc1c(F)cccc1F. The van der Waals surface area contributed by atoms with E-state index in [9.17, 15) is 18.4 Å². The van der Waals surface area contributed by atoms with Gasteiger partial charge in [0, 0.05) is 17.7 Å². The maximum atomic E-state index is 13.7. The molecule has 5 nitrogen and oxygen atoms in total. The van der Waals surface area contributed by atoms with Gasteiger partial charge in [-0.25, -0.2) is 13.8 Å². The topological polar surface area (TPSA) is 79.3 Å². The Morgan fingerprint density at radius 3 is 2.40 bits per heavy atom. The molecule has 152 valence electrons. The van der Waals surface area contributed by atoms with E-state index in [4.69, 9.17) is 5.11 Å². The van der Waals surface area contributed by atoms with Crippen molar-refractivity contribution in [3.63, 3.8) is 0 Å². The monoisotopic (exact) mass is 426 g/mol. The van der Waals surface area contributed by atoms with Gasteiger partial charge in [0.15, 0.2) is 5.01 Å². The molecule has 0 radical (unpaired) electrons. The second-order valence-electron chi connectivity index (χ2n) is 6.33. The van der Waals surface area contributed by atoms with Gasteiger partial charge in [-0.3, -0.25) is 9.59 Å². The highest BCUT2D eigenvalue weighted by atomic mass is 32.1. The molecular weight excluding hydrogens is 410 g/mol. The number of nitrogens with one attached hydrogen (secondary N) is 1. The van der Waals surface area contributed by atoms with E-state index in [0.717, 1.165) is 23.5 Å². The van der Waals surface area contributed by atoms with Crippen LogP contribution in [0, 0.1) is 30.4 Å². The standard InChI is InChI=1S/C22H16F2N2O3S/c1-13-21(22(29)25-12-16-17(23)3-2-4-18(16)24)30-19(26-13)10-9-14-5-7-15(8-6-14)11-20(27)28/h2-8H,11-12H2,1H3,(H,25,29)(H,27,28). The van der Waals surface area contributed by atoms with Gasteiger partial charge >= 0.3 is 5.97 Å². The fourth-order valence-corrected chi connectivity index (χ4v) is 3.45. The molecule has 0 aliphatic rings. The largest absolute Gasteiger partial charge is 0.481 e. The number of rotatable bonds is 5. The molecule has 0 aliphatic carbocycles. The van der Waals surface area contributed by atoms with Crippen LogP contribution in [0.15, 0.2) is 42.5 Å². The lowest BCUT2D eigenvalue weighted by atomic mass is 10.1. The van der Waals surface area contributed by atoms with Crippen LogP contribution in [0.1, 0.15) is 37.1 Å². The molecule has 0 unspecified atom stereocenters. The Balaban J connectivity index is 1.69. The number of halogens is 2. The Morgan fingerprint density at radius 1 is 1.10 bits per heavy atom. The molecular formula is C22H16F2N2O3S. The predicted molar refractivity (Wildman–Crippen MR) is 108 cm³/mol. The molecule has 0 saturated carbocycles. The lowest BCUT2D eigenvalue weighted by Crippen LogP contribution is -2.23. The van der Waals surface area contributed by atoms with E-state index in [-0.39, 0.29) is 18.5 Å². The number of aliphatic carboxylic acids is 1. The van der Waals surface area contributed by atoms with E-state index in [2.05, 4.69) is 22.1 Å². The second-order valence-corrected chi connectivity index (χ2v) is 7.33. The van der Waals surface area contributed by atoms with Crippen molar-refractivity contribution in [2.45, 2.75) is 19.9 Å². The van der Waals surface area contributed by atoms with Gasteiger partial charge in [0.2, 0.25) is 0 Å². The Hall–Kier alpha value is -3.57. The lowest BCUT2D eigenvalue weighted by molar-refractivity contribution is -0.136. The van der Waals surface area contributed by atoms with Crippen LogP contribution in [0.25, 0.3) is 0 Å². The van der Waals surface area contributed by atoms with Crippen molar-refractivity contribution in [2.75, 3.05) is 0 Å². The second kappa shape index (κ2) is 9.29. The number of carboxylic acids is 1. The highest BCUT2D eigenvalue weighted by Gasteiger charge is 2.16. The number of carbonyl (C=O) groups excluding carboxylic acids is 1. The molecule has 2 N–H and O–H groups in total. The Morgan fingerprint density at radius 2 is 1.77 bits per heavy atom. The molecule has 3 rings (SSSR count). The Labute approximate surface area is 175 Å². The van der Waals surface area contributed by atoms with Crippen LogP contribution in [0.2, 0.25) is 0 Å². The summed E-state index contributed by atoms with van der Waals surface area (Å²) in [6.45, 7) is 1.37. The van der Waals surface area contributed by atoms with Gasteiger partial charge in [0.05, 0.1) is 12.1 Å². The number of benzene rings is 2. The van der Waals surface area contributed by atoms with Gasteiger partial charge in [-0.2, -0.15) is 0 Å². The molecule has 3 aromatic rings. The van der Waals surface area contributed by atoms with E-state index >= 15 is 0 Å². The summed E-state index contributed by atoms with van der Waals surface area (Å²) < 4.78 is 27.4. The fraction of sp³-hybridized carbons (Fsp3) is 0.136. The maximum absolute atomic E-state index is 13.7. The van der Waals surface area contributed by atoms with Gasteiger partial charge in [0.25, 0.3) is 5.91 Å². The van der Waals surface area contributed by atoms with Crippen LogP contribution in [-0.2, 0) is 17.8 Å². The van der Waals surface area contributed by atoms with Gasteiger partial charge in [-0.05, 0) is 42.7 Å². The zero-order chi connectivity index (χ0) is 21.7. The molecule has 0 fully saturated rings. The molecule has 1 amide bonds.